The van der Waals surface area contributed by atoms with Crippen LogP contribution in [0.5, 0.6) is 6.01 Å². The summed E-state index contributed by atoms with van der Waals surface area (Å²) in [6.45, 7) is 5.32. The van der Waals surface area contributed by atoms with Gasteiger partial charge in [0.1, 0.15) is 6.61 Å². The zero-order valence-corrected chi connectivity index (χ0v) is 10.8. The fourth-order valence-corrected chi connectivity index (χ4v) is 1.65. The summed E-state index contributed by atoms with van der Waals surface area (Å²) in [7, 11) is 0. The quantitative estimate of drug-likeness (QED) is 0.472. The molecule has 0 aliphatic carbocycles. The molecule has 1 aromatic carbocycles. The van der Waals surface area contributed by atoms with E-state index < -0.39 is 4.92 Å². The Balaban J connectivity index is 2.03. The second-order valence-electron chi connectivity index (χ2n) is 4.46. The van der Waals surface area contributed by atoms with Crippen LogP contribution in [0.15, 0.2) is 18.2 Å². The lowest BCUT2D eigenvalue weighted by Crippen LogP contribution is -2.27. The Hall–Kier alpha value is -2.15. The molecule has 0 unspecified atom stereocenters. The lowest BCUT2D eigenvalue weighted by Gasteiger charge is -2.07. The van der Waals surface area contributed by atoms with E-state index in [2.05, 4.69) is 29.1 Å². The second kappa shape index (κ2) is 5.66. The molecule has 0 amide bonds. The van der Waals surface area contributed by atoms with E-state index >= 15 is 0 Å². The van der Waals surface area contributed by atoms with E-state index in [1.807, 2.05) is 0 Å². The number of nitro benzene ring substituents is 1. The maximum absolute atomic E-state index is 10.7. The fraction of sp³-hybridized carbons (Fsp3) is 0.417. The highest BCUT2D eigenvalue weighted by atomic mass is 16.6. The largest absolute Gasteiger partial charge is 0.463 e. The number of non-ortho nitro benzene ring substituents is 1. The molecule has 102 valence electrons. The Morgan fingerprint density at radius 2 is 2.32 bits per heavy atom. The van der Waals surface area contributed by atoms with E-state index in [1.54, 1.807) is 6.07 Å². The topological polar surface area (TPSA) is 93.1 Å². The maximum Gasteiger partial charge on any atom is 0.294 e. The Bertz CT molecular complexity index is 579. The zero-order chi connectivity index (χ0) is 13.8. The minimum atomic E-state index is -0.437. The predicted molar refractivity (Wildman–Crippen MR) is 71.4 cm³/mol. The van der Waals surface area contributed by atoms with Gasteiger partial charge in [-0.2, -0.15) is 4.98 Å². The van der Waals surface area contributed by atoms with E-state index in [4.69, 9.17) is 4.74 Å². The van der Waals surface area contributed by atoms with Crippen molar-refractivity contribution in [3.63, 3.8) is 0 Å². The number of nitrogens with one attached hydrogen (secondary N) is 2. The molecular weight excluding hydrogens is 248 g/mol. The van der Waals surface area contributed by atoms with Crippen LogP contribution < -0.4 is 10.1 Å². The number of imidazole rings is 1. The highest BCUT2D eigenvalue weighted by Crippen LogP contribution is 2.21. The standard InChI is InChI=1S/C12H16N4O3/c1-8(2)13-5-6-19-12-14-10-4-3-9(16(17)18)7-11(10)15-12/h3-4,7-8,13H,5-6H2,1-2H3,(H,14,15). The molecule has 0 bridgehead atoms. The van der Waals surface area contributed by atoms with Gasteiger partial charge in [0.2, 0.25) is 0 Å². The van der Waals surface area contributed by atoms with Crippen LogP contribution in [0.4, 0.5) is 5.69 Å². The normalized spacial score (nSPS) is 11.1. The maximum atomic E-state index is 10.7. The van der Waals surface area contributed by atoms with Crippen molar-refractivity contribution in [2.75, 3.05) is 13.2 Å². The van der Waals surface area contributed by atoms with E-state index in [-0.39, 0.29) is 5.69 Å². The number of hydrogen-bond donors (Lipinski definition) is 2. The Morgan fingerprint density at radius 1 is 1.53 bits per heavy atom. The minimum Gasteiger partial charge on any atom is -0.463 e. The molecule has 0 radical (unpaired) electrons. The van der Waals surface area contributed by atoms with Gasteiger partial charge in [0.15, 0.2) is 0 Å². The molecule has 0 saturated heterocycles. The number of fused-ring (bicyclic) bond motifs is 1. The number of H-pyrrole nitrogens is 1. The number of nitro groups is 1. The molecule has 2 N–H and O–H groups in total. The SMILES string of the molecule is CC(C)NCCOc1nc2ccc([N+](=O)[O-])cc2[nH]1. The number of hydrogen-bond acceptors (Lipinski definition) is 5. The van der Waals surface area contributed by atoms with Crippen molar-refractivity contribution in [1.29, 1.82) is 0 Å². The van der Waals surface area contributed by atoms with Crippen LogP contribution in [0.3, 0.4) is 0 Å². The van der Waals surface area contributed by atoms with Crippen LogP contribution in [0.25, 0.3) is 11.0 Å². The minimum absolute atomic E-state index is 0.0316. The highest BCUT2D eigenvalue weighted by molar-refractivity contribution is 5.78. The van der Waals surface area contributed by atoms with Crippen molar-refractivity contribution in [3.05, 3.63) is 28.3 Å². The molecule has 1 heterocycles. The summed E-state index contributed by atoms with van der Waals surface area (Å²) in [5.74, 6) is 0. The van der Waals surface area contributed by atoms with E-state index in [0.717, 1.165) is 6.54 Å². The van der Waals surface area contributed by atoms with Gasteiger partial charge in [-0.15, -0.1) is 0 Å². The van der Waals surface area contributed by atoms with Crippen molar-refractivity contribution in [3.8, 4) is 6.01 Å². The van der Waals surface area contributed by atoms with Crippen molar-refractivity contribution < 1.29 is 9.66 Å². The molecule has 7 heteroatoms. The van der Waals surface area contributed by atoms with Crippen molar-refractivity contribution >= 4 is 16.7 Å². The van der Waals surface area contributed by atoms with Gasteiger partial charge >= 0.3 is 0 Å². The lowest BCUT2D eigenvalue weighted by molar-refractivity contribution is -0.384. The summed E-state index contributed by atoms with van der Waals surface area (Å²) in [5.41, 5.74) is 1.28. The Morgan fingerprint density at radius 3 is 3.00 bits per heavy atom. The second-order valence-corrected chi connectivity index (χ2v) is 4.46. The van der Waals surface area contributed by atoms with E-state index in [0.29, 0.717) is 29.7 Å². The van der Waals surface area contributed by atoms with Crippen LogP contribution >= 0.6 is 0 Å². The number of ether oxygens (including phenoxy) is 1. The average Bonchev–Trinajstić information content (AvgIpc) is 2.75. The van der Waals surface area contributed by atoms with E-state index in [1.165, 1.54) is 12.1 Å². The van der Waals surface area contributed by atoms with Gasteiger partial charge in [-0.25, -0.2) is 0 Å². The molecule has 0 spiro atoms. The molecule has 0 fully saturated rings. The van der Waals surface area contributed by atoms with Crippen LogP contribution in [0.1, 0.15) is 13.8 Å². The molecule has 0 saturated carbocycles. The summed E-state index contributed by atoms with van der Waals surface area (Å²) in [6, 6.07) is 5.25. The van der Waals surface area contributed by atoms with Gasteiger partial charge < -0.3 is 15.0 Å². The van der Waals surface area contributed by atoms with Gasteiger partial charge in [0, 0.05) is 24.7 Å². The third kappa shape index (κ3) is 3.41. The third-order valence-electron chi connectivity index (χ3n) is 2.55. The molecular formula is C12H16N4O3. The first-order valence-corrected chi connectivity index (χ1v) is 6.06. The van der Waals surface area contributed by atoms with Gasteiger partial charge in [-0.05, 0) is 6.07 Å². The van der Waals surface area contributed by atoms with Crippen LogP contribution in [0, 0.1) is 10.1 Å². The molecule has 0 aliphatic rings. The van der Waals surface area contributed by atoms with Crippen molar-refractivity contribution in [2.45, 2.75) is 19.9 Å². The molecule has 0 atom stereocenters. The average molecular weight is 264 g/mol. The molecule has 7 nitrogen and oxygen atoms in total. The number of nitrogens with zero attached hydrogens (tertiary/aromatic N) is 2. The lowest BCUT2D eigenvalue weighted by atomic mass is 10.3. The predicted octanol–water partition coefficient (Wildman–Crippen LogP) is 1.85. The smallest absolute Gasteiger partial charge is 0.294 e. The highest BCUT2D eigenvalue weighted by Gasteiger charge is 2.09. The number of aromatic nitrogens is 2. The monoisotopic (exact) mass is 264 g/mol. The summed E-state index contributed by atoms with van der Waals surface area (Å²) < 4.78 is 5.44. The Kier molecular flexibility index (Phi) is 3.96. The molecule has 19 heavy (non-hydrogen) atoms. The zero-order valence-electron chi connectivity index (χ0n) is 10.8. The molecule has 2 rings (SSSR count). The van der Waals surface area contributed by atoms with Gasteiger partial charge in [-0.3, -0.25) is 10.1 Å². The number of aromatic amines is 1. The molecule has 2 aromatic rings. The summed E-state index contributed by atoms with van der Waals surface area (Å²) in [4.78, 5) is 17.3. The summed E-state index contributed by atoms with van der Waals surface area (Å²) in [5, 5.41) is 13.9. The molecule has 1 aromatic heterocycles. The van der Waals surface area contributed by atoms with E-state index in [9.17, 15) is 10.1 Å². The first-order chi connectivity index (χ1) is 9.06. The fourth-order valence-electron chi connectivity index (χ4n) is 1.65. The van der Waals surface area contributed by atoms with Gasteiger partial charge in [-0.1, -0.05) is 13.8 Å². The summed E-state index contributed by atoms with van der Waals surface area (Å²) >= 11 is 0. The van der Waals surface area contributed by atoms with Crippen molar-refractivity contribution in [2.24, 2.45) is 0 Å². The van der Waals surface area contributed by atoms with Gasteiger partial charge in [0.25, 0.3) is 11.7 Å². The van der Waals surface area contributed by atoms with Crippen molar-refractivity contribution in [1.82, 2.24) is 15.3 Å². The first-order valence-electron chi connectivity index (χ1n) is 6.06. The third-order valence-corrected chi connectivity index (χ3v) is 2.55. The Labute approximate surface area is 110 Å². The number of benzene rings is 1. The van der Waals surface area contributed by atoms with Crippen LogP contribution in [-0.4, -0.2) is 34.1 Å². The number of rotatable bonds is 6. The van der Waals surface area contributed by atoms with Gasteiger partial charge in [0.05, 0.1) is 16.0 Å². The summed E-state index contributed by atoms with van der Waals surface area (Å²) in [6.07, 6.45) is 0. The molecule has 0 aliphatic heterocycles. The van der Waals surface area contributed by atoms with Crippen LogP contribution in [0.2, 0.25) is 0 Å². The first kappa shape index (κ1) is 13.3. The van der Waals surface area contributed by atoms with Crippen LogP contribution in [-0.2, 0) is 0 Å².